The van der Waals surface area contributed by atoms with Gasteiger partial charge < -0.3 is 0 Å². The standard InChI is InChI=1S/C19H15ClN2O/c1-13(17-8-4-6-14-5-2-3-7-18(14)17)21-22-19(23)15-9-11-16(20)12-10-15/h2-12H,1H3,(H,22,23)/b21-13-. The summed E-state index contributed by atoms with van der Waals surface area (Å²) in [5, 5.41) is 7.07. The van der Waals surface area contributed by atoms with Crippen molar-refractivity contribution < 1.29 is 4.79 Å². The van der Waals surface area contributed by atoms with Crippen molar-refractivity contribution in [2.24, 2.45) is 5.10 Å². The molecule has 0 saturated carbocycles. The van der Waals surface area contributed by atoms with Crippen molar-refractivity contribution in [1.82, 2.24) is 5.43 Å². The Bertz CT molecular complexity index is 880. The molecule has 0 saturated heterocycles. The number of benzene rings is 3. The van der Waals surface area contributed by atoms with E-state index in [1.807, 2.05) is 37.3 Å². The Morgan fingerprint density at radius 3 is 2.43 bits per heavy atom. The highest BCUT2D eigenvalue weighted by atomic mass is 35.5. The monoisotopic (exact) mass is 322 g/mol. The number of nitrogens with zero attached hydrogens (tertiary/aromatic N) is 1. The Morgan fingerprint density at radius 2 is 1.65 bits per heavy atom. The van der Waals surface area contributed by atoms with Crippen LogP contribution in [0.4, 0.5) is 0 Å². The van der Waals surface area contributed by atoms with Crippen LogP contribution in [0.3, 0.4) is 0 Å². The van der Waals surface area contributed by atoms with E-state index in [-0.39, 0.29) is 5.91 Å². The average Bonchev–Trinajstić information content (AvgIpc) is 2.59. The van der Waals surface area contributed by atoms with Gasteiger partial charge in [0.25, 0.3) is 5.91 Å². The van der Waals surface area contributed by atoms with Gasteiger partial charge in [-0.25, -0.2) is 5.43 Å². The van der Waals surface area contributed by atoms with E-state index in [0.29, 0.717) is 10.6 Å². The van der Waals surface area contributed by atoms with E-state index in [0.717, 1.165) is 22.0 Å². The fraction of sp³-hybridized carbons (Fsp3) is 0.0526. The van der Waals surface area contributed by atoms with Crippen molar-refractivity contribution in [3.63, 3.8) is 0 Å². The molecule has 0 heterocycles. The lowest BCUT2D eigenvalue weighted by molar-refractivity contribution is 0.0955. The molecule has 3 aromatic carbocycles. The molecule has 1 N–H and O–H groups in total. The maximum Gasteiger partial charge on any atom is 0.271 e. The molecule has 3 aromatic rings. The van der Waals surface area contributed by atoms with Gasteiger partial charge in [0.05, 0.1) is 5.71 Å². The number of hydrogen-bond acceptors (Lipinski definition) is 2. The van der Waals surface area contributed by atoms with Crippen LogP contribution in [0.2, 0.25) is 5.02 Å². The van der Waals surface area contributed by atoms with E-state index in [4.69, 9.17) is 11.6 Å². The first-order chi connectivity index (χ1) is 11.1. The summed E-state index contributed by atoms with van der Waals surface area (Å²) in [6.45, 7) is 1.88. The molecule has 0 fully saturated rings. The molecule has 0 aromatic heterocycles. The summed E-state index contributed by atoms with van der Waals surface area (Å²) in [5.41, 5.74) is 4.86. The zero-order chi connectivity index (χ0) is 16.2. The number of carbonyl (C=O) groups excluding carboxylic acids is 1. The lowest BCUT2D eigenvalue weighted by atomic mass is 10.0. The minimum atomic E-state index is -0.263. The van der Waals surface area contributed by atoms with Crippen LogP contribution in [-0.4, -0.2) is 11.6 Å². The Morgan fingerprint density at radius 1 is 0.957 bits per heavy atom. The van der Waals surface area contributed by atoms with Crippen molar-refractivity contribution in [2.45, 2.75) is 6.92 Å². The number of carbonyl (C=O) groups is 1. The number of amides is 1. The first kappa shape index (κ1) is 15.3. The van der Waals surface area contributed by atoms with Gasteiger partial charge in [-0.15, -0.1) is 0 Å². The predicted molar refractivity (Wildman–Crippen MR) is 95.1 cm³/mol. The SMILES string of the molecule is C/C(=N/NC(=O)c1ccc(Cl)cc1)c1cccc2ccccc12. The Kier molecular flexibility index (Phi) is 4.40. The minimum absolute atomic E-state index is 0.263. The largest absolute Gasteiger partial charge is 0.271 e. The van der Waals surface area contributed by atoms with Crippen LogP contribution >= 0.6 is 11.6 Å². The van der Waals surface area contributed by atoms with Gasteiger partial charge in [-0.3, -0.25) is 4.79 Å². The quantitative estimate of drug-likeness (QED) is 0.553. The highest BCUT2D eigenvalue weighted by Gasteiger charge is 2.06. The van der Waals surface area contributed by atoms with Crippen molar-refractivity contribution >= 4 is 34.0 Å². The number of fused-ring (bicyclic) bond motifs is 1. The second-order valence-corrected chi connectivity index (χ2v) is 5.61. The molecule has 1 amide bonds. The summed E-state index contributed by atoms with van der Waals surface area (Å²) >= 11 is 5.82. The normalized spacial score (nSPS) is 11.5. The van der Waals surface area contributed by atoms with Crippen LogP contribution in [0.25, 0.3) is 10.8 Å². The summed E-state index contributed by atoms with van der Waals surface area (Å²) in [6, 6.07) is 20.8. The summed E-state index contributed by atoms with van der Waals surface area (Å²) < 4.78 is 0. The lowest BCUT2D eigenvalue weighted by Crippen LogP contribution is -2.19. The number of hydrazone groups is 1. The van der Waals surface area contributed by atoms with Gasteiger partial charge >= 0.3 is 0 Å². The first-order valence-electron chi connectivity index (χ1n) is 7.23. The average molecular weight is 323 g/mol. The van der Waals surface area contributed by atoms with Crippen molar-refractivity contribution in [3.05, 3.63) is 82.9 Å². The van der Waals surface area contributed by atoms with Crippen LogP contribution in [0.1, 0.15) is 22.8 Å². The van der Waals surface area contributed by atoms with Crippen LogP contribution in [-0.2, 0) is 0 Å². The van der Waals surface area contributed by atoms with Crippen molar-refractivity contribution in [1.29, 1.82) is 0 Å². The zero-order valence-electron chi connectivity index (χ0n) is 12.6. The third-order valence-corrected chi connectivity index (χ3v) is 3.86. The zero-order valence-corrected chi connectivity index (χ0v) is 13.3. The van der Waals surface area contributed by atoms with Gasteiger partial charge in [-0.05, 0) is 42.0 Å². The second-order valence-electron chi connectivity index (χ2n) is 5.17. The number of halogens is 1. The van der Waals surface area contributed by atoms with Crippen molar-refractivity contribution in [2.75, 3.05) is 0 Å². The number of nitrogens with one attached hydrogen (secondary N) is 1. The van der Waals surface area contributed by atoms with Gasteiger partial charge in [0, 0.05) is 16.1 Å². The molecule has 114 valence electrons. The first-order valence-corrected chi connectivity index (χ1v) is 7.61. The van der Waals surface area contributed by atoms with Crippen LogP contribution in [0.15, 0.2) is 71.8 Å². The molecular weight excluding hydrogens is 308 g/mol. The smallest absolute Gasteiger partial charge is 0.267 e. The van der Waals surface area contributed by atoms with Gasteiger partial charge in [-0.1, -0.05) is 54.1 Å². The van der Waals surface area contributed by atoms with Crippen molar-refractivity contribution in [3.8, 4) is 0 Å². The van der Waals surface area contributed by atoms with E-state index in [2.05, 4.69) is 22.7 Å². The molecule has 3 rings (SSSR count). The van der Waals surface area contributed by atoms with Crippen LogP contribution < -0.4 is 5.43 Å². The molecule has 0 bridgehead atoms. The molecule has 0 aliphatic carbocycles. The fourth-order valence-electron chi connectivity index (χ4n) is 2.40. The maximum atomic E-state index is 12.1. The van der Waals surface area contributed by atoms with Crippen LogP contribution in [0, 0.1) is 0 Å². The van der Waals surface area contributed by atoms with E-state index < -0.39 is 0 Å². The minimum Gasteiger partial charge on any atom is -0.267 e. The molecule has 23 heavy (non-hydrogen) atoms. The number of rotatable bonds is 3. The van der Waals surface area contributed by atoms with E-state index in [1.54, 1.807) is 24.3 Å². The lowest BCUT2D eigenvalue weighted by Gasteiger charge is -2.07. The van der Waals surface area contributed by atoms with Gasteiger partial charge in [0.2, 0.25) is 0 Å². The number of hydrogen-bond donors (Lipinski definition) is 1. The molecule has 0 unspecified atom stereocenters. The molecular formula is C19H15ClN2O. The molecule has 4 heteroatoms. The molecule has 0 aliphatic rings. The van der Waals surface area contributed by atoms with E-state index >= 15 is 0 Å². The third kappa shape index (κ3) is 3.41. The predicted octanol–water partition coefficient (Wildman–Crippen LogP) is 4.65. The van der Waals surface area contributed by atoms with Gasteiger partial charge in [0.15, 0.2) is 0 Å². The highest BCUT2D eigenvalue weighted by molar-refractivity contribution is 6.30. The summed E-state index contributed by atoms with van der Waals surface area (Å²) in [6.07, 6.45) is 0. The van der Waals surface area contributed by atoms with Gasteiger partial charge in [-0.2, -0.15) is 5.10 Å². The van der Waals surface area contributed by atoms with E-state index in [9.17, 15) is 4.79 Å². The highest BCUT2D eigenvalue weighted by Crippen LogP contribution is 2.19. The molecule has 0 spiro atoms. The molecule has 0 aliphatic heterocycles. The summed E-state index contributed by atoms with van der Waals surface area (Å²) in [7, 11) is 0. The molecule has 3 nitrogen and oxygen atoms in total. The fourth-order valence-corrected chi connectivity index (χ4v) is 2.53. The maximum absolute atomic E-state index is 12.1. The van der Waals surface area contributed by atoms with E-state index in [1.165, 1.54) is 0 Å². The van der Waals surface area contributed by atoms with Gasteiger partial charge in [0.1, 0.15) is 0 Å². The topological polar surface area (TPSA) is 41.5 Å². The molecule has 0 radical (unpaired) electrons. The van der Waals surface area contributed by atoms with Crippen LogP contribution in [0.5, 0.6) is 0 Å². The summed E-state index contributed by atoms with van der Waals surface area (Å²) in [5.74, 6) is -0.263. The Hall–Kier alpha value is -2.65. The third-order valence-electron chi connectivity index (χ3n) is 3.61. The molecule has 0 atom stereocenters. The second kappa shape index (κ2) is 6.63. The Balaban J connectivity index is 1.84. The Labute approximate surface area is 139 Å². The summed E-state index contributed by atoms with van der Waals surface area (Å²) in [4.78, 5) is 12.1.